The van der Waals surface area contributed by atoms with Gasteiger partial charge in [-0.3, -0.25) is 10.1 Å². The Morgan fingerprint density at radius 3 is 0.966 bits per heavy atom. The molecule has 0 aliphatic heterocycles. The van der Waals surface area contributed by atoms with Crippen LogP contribution in [0.4, 0.5) is 5.69 Å². The molecule has 0 fully saturated rings. The molecule has 8 aromatic rings. The van der Waals surface area contributed by atoms with Gasteiger partial charge in [-0.1, -0.05) is 127 Å². The maximum atomic E-state index is 11.5. The summed E-state index contributed by atoms with van der Waals surface area (Å²) in [5.41, 5.74) is 0.689. The molecule has 0 unspecified atom stereocenters. The minimum absolute atomic E-state index is 0. The fraction of sp³-hybridized carbons (Fsp3) is 0. The van der Waals surface area contributed by atoms with Gasteiger partial charge in [0.25, 0.3) is 5.69 Å². The molecule has 0 aliphatic carbocycles. The van der Waals surface area contributed by atoms with Crippen LogP contribution in [0.2, 0.25) is 0 Å². The Bertz CT molecular complexity index is 2140. The van der Waals surface area contributed by atoms with Gasteiger partial charge in [0.15, 0.2) is 0 Å². The predicted molar refractivity (Wildman–Crippen MR) is 247 cm³/mol. The smallest absolute Gasteiger partial charge is 0.336 e. The van der Waals surface area contributed by atoms with Crippen LogP contribution in [0.3, 0.4) is 0 Å². The van der Waals surface area contributed by atoms with Crippen molar-refractivity contribution in [2.45, 2.75) is 0 Å². The summed E-state index contributed by atoms with van der Waals surface area (Å²) >= 11 is 0. The molecule has 0 saturated heterocycles. The van der Waals surface area contributed by atoms with E-state index in [1.54, 1.807) is 36.4 Å². The van der Waals surface area contributed by atoms with Crippen molar-refractivity contribution in [3.05, 3.63) is 258 Å². The maximum absolute atomic E-state index is 11.5. The number of nitrogens with zero attached hydrogens (tertiary/aromatic N) is 1. The van der Waals surface area contributed by atoms with E-state index in [9.17, 15) is 14.9 Å². The van der Waals surface area contributed by atoms with E-state index in [0.29, 0.717) is 11.3 Å². The molecule has 8 rings (SSSR count). The molecule has 8 aromatic carbocycles. The number of nitro groups is 1. The van der Waals surface area contributed by atoms with E-state index in [2.05, 4.69) is 182 Å². The Hall–Kier alpha value is -6.11. The van der Waals surface area contributed by atoms with Crippen molar-refractivity contribution in [1.29, 1.82) is 0 Å². The second kappa shape index (κ2) is 24.0. The van der Waals surface area contributed by atoms with E-state index >= 15 is 0 Å². The molecule has 0 bridgehead atoms. The van der Waals surface area contributed by atoms with Crippen molar-refractivity contribution in [1.82, 2.24) is 0 Å². The second-order valence-corrected chi connectivity index (χ2v) is 17.8. The third-order valence-electron chi connectivity index (χ3n) is 8.85. The number of non-ortho nitro benzene ring substituents is 1. The van der Waals surface area contributed by atoms with Crippen molar-refractivity contribution in [3.63, 3.8) is 0 Å². The van der Waals surface area contributed by atoms with Gasteiger partial charge >= 0.3 is 5.97 Å². The van der Waals surface area contributed by atoms with Gasteiger partial charge in [-0.25, -0.2) is 4.79 Å². The van der Waals surface area contributed by atoms with Crippen molar-refractivity contribution in [2.75, 3.05) is 0 Å². The third kappa shape index (κ3) is 13.8. The number of rotatable bonds is 10. The summed E-state index contributed by atoms with van der Waals surface area (Å²) in [6.07, 6.45) is 2.81. The number of hydrogen-bond donors (Lipinski definition) is 0. The monoisotopic (exact) mass is 901 g/mol. The van der Waals surface area contributed by atoms with E-state index in [4.69, 9.17) is 4.74 Å². The van der Waals surface area contributed by atoms with E-state index < -0.39 is 26.7 Å². The van der Waals surface area contributed by atoms with Crippen LogP contribution >= 0.6 is 15.8 Å². The van der Waals surface area contributed by atoms with Crippen LogP contribution in [0.15, 0.2) is 243 Å². The van der Waals surface area contributed by atoms with Crippen LogP contribution in [-0.2, 0) is 25.2 Å². The molecule has 0 N–H and O–H groups in total. The molecular formula is C51H43NO4P2Pd+2. The van der Waals surface area contributed by atoms with Crippen molar-refractivity contribution < 1.29 is 34.9 Å². The summed E-state index contributed by atoms with van der Waals surface area (Å²) in [6.45, 7) is 0. The van der Waals surface area contributed by atoms with Crippen molar-refractivity contribution in [2.24, 2.45) is 0 Å². The van der Waals surface area contributed by atoms with Crippen LogP contribution in [0.25, 0.3) is 6.08 Å². The Balaban J connectivity index is 0.000000167. The van der Waals surface area contributed by atoms with E-state index in [0.717, 1.165) is 0 Å². The Labute approximate surface area is 362 Å². The van der Waals surface area contributed by atoms with Crippen molar-refractivity contribution in [3.8, 4) is 5.75 Å². The Morgan fingerprint density at radius 1 is 0.424 bits per heavy atom. The fourth-order valence-electron chi connectivity index (χ4n) is 6.14. The number of para-hydroxylation sites is 1. The van der Waals surface area contributed by atoms with E-state index in [-0.39, 0.29) is 26.1 Å². The Morgan fingerprint density at radius 2 is 0.695 bits per heavy atom. The number of ether oxygens (including phenoxy) is 1. The molecule has 0 radical (unpaired) electrons. The van der Waals surface area contributed by atoms with Gasteiger partial charge in [0.05, 0.1) is 20.8 Å². The zero-order valence-corrected chi connectivity index (χ0v) is 35.6. The topological polar surface area (TPSA) is 69.4 Å². The average molecular weight is 902 g/mol. The summed E-state index contributed by atoms with van der Waals surface area (Å²) in [7, 11) is -1.75. The molecule has 5 nitrogen and oxygen atoms in total. The first-order valence-corrected chi connectivity index (χ1v) is 21.8. The average Bonchev–Trinajstić information content (AvgIpc) is 3.29. The maximum Gasteiger partial charge on any atom is 0.336 e. The molecule has 294 valence electrons. The van der Waals surface area contributed by atoms with Gasteiger partial charge in [0, 0.05) is 38.6 Å². The summed E-state index contributed by atoms with van der Waals surface area (Å²) in [4.78, 5) is 21.6. The van der Waals surface area contributed by atoms with Gasteiger partial charge in [0.1, 0.15) is 37.6 Å². The molecular weight excluding hydrogens is 859 g/mol. The molecule has 0 aliphatic rings. The summed E-state index contributed by atoms with van der Waals surface area (Å²) in [5.74, 6) is -0.0413. The van der Waals surface area contributed by atoms with E-state index in [1.165, 1.54) is 56.1 Å². The Kier molecular flexibility index (Phi) is 17.9. The van der Waals surface area contributed by atoms with Gasteiger partial charge < -0.3 is 4.74 Å². The van der Waals surface area contributed by atoms with Crippen LogP contribution in [0, 0.1) is 10.1 Å². The first-order valence-electron chi connectivity index (χ1n) is 18.8. The van der Waals surface area contributed by atoms with Crippen LogP contribution in [-0.4, -0.2) is 10.9 Å². The van der Waals surface area contributed by atoms with Crippen molar-refractivity contribution >= 4 is 65.4 Å². The largest absolute Gasteiger partial charge is 0.423 e. The normalized spacial score (nSPS) is 10.3. The van der Waals surface area contributed by atoms with Gasteiger partial charge in [-0.05, 0) is 109 Å². The minimum atomic E-state index is -0.877. The molecule has 0 aromatic heterocycles. The van der Waals surface area contributed by atoms with Gasteiger partial charge in [-0.15, -0.1) is 0 Å². The predicted octanol–water partition coefficient (Wildman–Crippen LogP) is 9.57. The molecule has 0 heterocycles. The number of benzene rings is 8. The third-order valence-corrected chi connectivity index (χ3v) is 14.3. The summed E-state index contributed by atoms with van der Waals surface area (Å²) in [5, 5.41) is 19.1. The molecule has 8 heteroatoms. The van der Waals surface area contributed by atoms with Crippen LogP contribution < -0.4 is 36.6 Å². The number of esters is 1. The molecule has 0 spiro atoms. The quantitative estimate of drug-likeness (QED) is 0.0261. The minimum Gasteiger partial charge on any atom is -0.423 e. The molecule has 59 heavy (non-hydrogen) atoms. The number of nitro benzene ring substituents is 1. The van der Waals surface area contributed by atoms with Crippen LogP contribution in [0.5, 0.6) is 5.75 Å². The summed E-state index contributed by atoms with van der Waals surface area (Å²) < 4.78 is 5.06. The van der Waals surface area contributed by atoms with Crippen LogP contribution in [0.1, 0.15) is 5.56 Å². The second-order valence-electron chi connectivity index (χ2n) is 12.9. The number of hydrogen-bond acceptors (Lipinski definition) is 4. The number of carbonyl (C=O) groups excluding carboxylic acids is 1. The fourth-order valence-corrected chi connectivity index (χ4v) is 11.3. The first-order chi connectivity index (χ1) is 28.5. The molecule has 0 saturated carbocycles. The standard InChI is InChI=1S/2C18H15P.C15H11NO4.Pd/c2*1-4-10-16(11-5-1)19(17-12-6-2-7-13-17)18-14-8-3-9-15-18;17-15(20-14-4-2-1-3-5-14)11-8-12-6-9-13(10-7-12)16(18)19;/h2*1-15H;1-11H;/p+2/b;;11-8+;. The molecule has 0 amide bonds. The zero-order chi connectivity index (χ0) is 40.2. The van der Waals surface area contributed by atoms with Gasteiger partial charge in [0.2, 0.25) is 0 Å². The SMILES string of the molecule is O=C(/C=C/c1ccc([N+](=O)[O-])cc1)Oc1ccccc1.[Pd].c1ccc([PH+](c2ccccc2)c2ccccc2)cc1.c1ccc([PH+](c2ccccc2)c2ccccc2)cc1. The summed E-state index contributed by atoms with van der Waals surface area (Å²) in [6, 6.07) is 79.6. The molecule has 0 atom stereocenters. The number of carbonyl (C=O) groups is 1. The first kappa shape index (κ1) is 44.0. The van der Waals surface area contributed by atoms with Gasteiger partial charge in [-0.2, -0.15) is 0 Å². The van der Waals surface area contributed by atoms with E-state index in [1.807, 2.05) is 6.07 Å². The zero-order valence-electron chi connectivity index (χ0n) is 32.1.